The molecule has 23 heavy (non-hydrogen) atoms. The number of Topliss-reactive ketones (excluding diaryl/α,β-unsaturated/α-hetero) is 1. The minimum absolute atomic E-state index is 0.0921. The molecule has 4 nitrogen and oxygen atoms in total. The summed E-state index contributed by atoms with van der Waals surface area (Å²) in [6.07, 6.45) is -0.157. The molecule has 1 amide bonds. The second kappa shape index (κ2) is 9.10. The molecule has 120 valence electrons. The van der Waals surface area contributed by atoms with Crippen molar-refractivity contribution in [2.24, 2.45) is 0 Å². The second-order valence-corrected chi connectivity index (χ2v) is 5.61. The Hall–Kier alpha value is -2.14. The van der Waals surface area contributed by atoms with Crippen LogP contribution in [0.1, 0.15) is 11.1 Å². The van der Waals surface area contributed by atoms with E-state index in [1.54, 1.807) is 0 Å². The van der Waals surface area contributed by atoms with Gasteiger partial charge in [-0.25, -0.2) is 4.79 Å². The monoisotopic (exact) mass is 375 g/mol. The van der Waals surface area contributed by atoms with Crippen LogP contribution >= 0.6 is 15.9 Å². The van der Waals surface area contributed by atoms with Gasteiger partial charge in [-0.1, -0.05) is 76.6 Å². The summed E-state index contributed by atoms with van der Waals surface area (Å²) in [6, 6.07) is 18.3. The minimum Gasteiger partial charge on any atom is -0.445 e. The van der Waals surface area contributed by atoms with Crippen LogP contribution < -0.4 is 5.32 Å². The Morgan fingerprint density at radius 1 is 0.957 bits per heavy atom. The van der Waals surface area contributed by atoms with Gasteiger partial charge in [0, 0.05) is 0 Å². The summed E-state index contributed by atoms with van der Waals surface area (Å²) in [7, 11) is 0. The maximum absolute atomic E-state index is 12.0. The molecule has 5 heteroatoms. The van der Waals surface area contributed by atoms with Crippen molar-refractivity contribution in [3.63, 3.8) is 0 Å². The fourth-order valence-electron chi connectivity index (χ4n) is 2.10. The van der Waals surface area contributed by atoms with Gasteiger partial charge in [0.2, 0.25) is 0 Å². The van der Waals surface area contributed by atoms with E-state index in [1.165, 1.54) is 0 Å². The molecule has 0 saturated heterocycles. The standard InChI is InChI=1S/C18H18BrNO3/c19-12-17(21)16(11-14-7-3-1-4-8-14)20-18(22)23-13-15-9-5-2-6-10-15/h1-10,16H,11-13H2,(H,20,22)/t16-/m1/s1. The highest BCUT2D eigenvalue weighted by atomic mass is 79.9. The fraction of sp³-hybridized carbons (Fsp3) is 0.222. The largest absolute Gasteiger partial charge is 0.445 e. The highest BCUT2D eigenvalue weighted by Gasteiger charge is 2.20. The van der Waals surface area contributed by atoms with Crippen LogP contribution in [0.4, 0.5) is 4.79 Å². The van der Waals surface area contributed by atoms with E-state index in [2.05, 4.69) is 21.2 Å². The number of halogens is 1. The number of amides is 1. The summed E-state index contributed by atoms with van der Waals surface area (Å²) in [5.74, 6) is -0.0921. The zero-order valence-electron chi connectivity index (χ0n) is 12.6. The molecule has 0 aliphatic carbocycles. The van der Waals surface area contributed by atoms with Gasteiger partial charge in [-0.3, -0.25) is 4.79 Å². The molecular formula is C18H18BrNO3. The van der Waals surface area contributed by atoms with Crippen LogP contribution in [0.5, 0.6) is 0 Å². The summed E-state index contributed by atoms with van der Waals surface area (Å²) in [4.78, 5) is 23.9. The first kappa shape index (κ1) is 17.2. The lowest BCUT2D eigenvalue weighted by Crippen LogP contribution is -2.43. The highest BCUT2D eigenvalue weighted by molar-refractivity contribution is 9.09. The Morgan fingerprint density at radius 3 is 2.09 bits per heavy atom. The highest BCUT2D eigenvalue weighted by Crippen LogP contribution is 2.06. The van der Waals surface area contributed by atoms with Gasteiger partial charge in [0.05, 0.1) is 11.4 Å². The van der Waals surface area contributed by atoms with Crippen molar-refractivity contribution in [3.8, 4) is 0 Å². The maximum Gasteiger partial charge on any atom is 0.408 e. The smallest absolute Gasteiger partial charge is 0.408 e. The predicted molar refractivity (Wildman–Crippen MR) is 92.5 cm³/mol. The van der Waals surface area contributed by atoms with Crippen molar-refractivity contribution in [2.75, 3.05) is 5.33 Å². The number of hydrogen-bond donors (Lipinski definition) is 1. The van der Waals surface area contributed by atoms with Gasteiger partial charge < -0.3 is 10.1 Å². The summed E-state index contributed by atoms with van der Waals surface area (Å²) in [5.41, 5.74) is 1.88. The molecule has 0 unspecified atom stereocenters. The van der Waals surface area contributed by atoms with E-state index >= 15 is 0 Å². The zero-order valence-corrected chi connectivity index (χ0v) is 14.2. The first-order valence-electron chi connectivity index (χ1n) is 7.29. The van der Waals surface area contributed by atoms with E-state index < -0.39 is 12.1 Å². The van der Waals surface area contributed by atoms with E-state index in [9.17, 15) is 9.59 Å². The molecule has 0 radical (unpaired) electrons. The average Bonchev–Trinajstić information content (AvgIpc) is 2.60. The Kier molecular flexibility index (Phi) is 6.81. The number of alkyl carbamates (subject to hydrolysis) is 1. The Balaban J connectivity index is 1.91. The van der Waals surface area contributed by atoms with Crippen LogP contribution in [0.2, 0.25) is 0 Å². The van der Waals surface area contributed by atoms with Crippen molar-refractivity contribution in [2.45, 2.75) is 19.1 Å². The van der Waals surface area contributed by atoms with E-state index in [0.717, 1.165) is 11.1 Å². The zero-order chi connectivity index (χ0) is 16.5. The molecule has 0 bridgehead atoms. The lowest BCUT2D eigenvalue weighted by Gasteiger charge is -2.17. The minimum atomic E-state index is -0.611. The van der Waals surface area contributed by atoms with Crippen molar-refractivity contribution in [1.29, 1.82) is 0 Å². The van der Waals surface area contributed by atoms with Gasteiger partial charge in [0.1, 0.15) is 6.61 Å². The second-order valence-electron chi connectivity index (χ2n) is 5.05. The number of ketones is 1. The molecule has 0 aromatic heterocycles. The third kappa shape index (κ3) is 5.87. The van der Waals surface area contributed by atoms with Crippen LogP contribution in [0, 0.1) is 0 Å². The molecule has 0 heterocycles. The maximum atomic E-state index is 12.0. The molecule has 2 aromatic rings. The lowest BCUT2D eigenvalue weighted by atomic mass is 10.0. The van der Waals surface area contributed by atoms with Gasteiger partial charge in [-0.2, -0.15) is 0 Å². The summed E-state index contributed by atoms with van der Waals surface area (Å²) in [6.45, 7) is 0.174. The first-order chi connectivity index (χ1) is 11.2. The number of nitrogens with one attached hydrogen (secondary N) is 1. The lowest BCUT2D eigenvalue weighted by molar-refractivity contribution is -0.118. The van der Waals surface area contributed by atoms with Crippen LogP contribution in [-0.2, 0) is 22.6 Å². The van der Waals surface area contributed by atoms with Gasteiger partial charge >= 0.3 is 6.09 Å². The summed E-state index contributed by atoms with van der Waals surface area (Å²) in [5, 5.41) is 2.83. The predicted octanol–water partition coefficient (Wildman–Crippen LogP) is 3.49. The molecule has 1 atom stereocenters. The van der Waals surface area contributed by atoms with Crippen LogP contribution in [0.15, 0.2) is 60.7 Å². The SMILES string of the molecule is O=C(N[C@H](Cc1ccccc1)C(=O)CBr)OCc1ccccc1. The number of carbonyl (C=O) groups is 2. The van der Waals surface area contributed by atoms with E-state index in [-0.39, 0.29) is 17.7 Å². The van der Waals surface area contributed by atoms with Crippen molar-refractivity contribution < 1.29 is 14.3 Å². The molecule has 0 aliphatic heterocycles. The van der Waals surface area contributed by atoms with Crippen molar-refractivity contribution >= 4 is 27.8 Å². The number of benzene rings is 2. The first-order valence-corrected chi connectivity index (χ1v) is 8.41. The summed E-state index contributed by atoms with van der Waals surface area (Å²) >= 11 is 3.15. The van der Waals surface area contributed by atoms with Crippen LogP contribution in [0.25, 0.3) is 0 Å². The topological polar surface area (TPSA) is 55.4 Å². The van der Waals surface area contributed by atoms with E-state index in [4.69, 9.17) is 4.74 Å². The number of rotatable bonds is 7. The van der Waals surface area contributed by atoms with Gasteiger partial charge in [-0.15, -0.1) is 0 Å². The van der Waals surface area contributed by atoms with E-state index in [1.807, 2.05) is 60.7 Å². The molecule has 2 rings (SSSR count). The molecule has 1 N–H and O–H groups in total. The molecule has 0 spiro atoms. The fourth-order valence-corrected chi connectivity index (χ4v) is 2.49. The van der Waals surface area contributed by atoms with Gasteiger partial charge in [0.15, 0.2) is 5.78 Å². The third-order valence-corrected chi connectivity index (χ3v) is 3.86. The molecular weight excluding hydrogens is 358 g/mol. The van der Waals surface area contributed by atoms with Gasteiger partial charge in [-0.05, 0) is 17.5 Å². The third-order valence-electron chi connectivity index (χ3n) is 3.31. The molecule has 2 aromatic carbocycles. The van der Waals surface area contributed by atoms with Gasteiger partial charge in [0.25, 0.3) is 0 Å². The Morgan fingerprint density at radius 2 is 1.52 bits per heavy atom. The molecule has 0 saturated carbocycles. The molecule has 0 fully saturated rings. The Bertz CT molecular complexity index is 631. The van der Waals surface area contributed by atoms with Crippen LogP contribution in [0.3, 0.4) is 0 Å². The number of alkyl halides is 1. The van der Waals surface area contributed by atoms with Crippen molar-refractivity contribution in [3.05, 3.63) is 71.8 Å². The van der Waals surface area contributed by atoms with Crippen molar-refractivity contribution in [1.82, 2.24) is 5.32 Å². The van der Waals surface area contributed by atoms with Crippen LogP contribution in [-0.4, -0.2) is 23.2 Å². The Labute approximate surface area is 144 Å². The number of ether oxygens (including phenoxy) is 1. The molecule has 0 aliphatic rings. The van der Waals surface area contributed by atoms with E-state index in [0.29, 0.717) is 6.42 Å². The quantitative estimate of drug-likeness (QED) is 0.753. The summed E-state index contributed by atoms with van der Waals surface area (Å²) < 4.78 is 5.17. The number of hydrogen-bond acceptors (Lipinski definition) is 3. The number of carbonyl (C=O) groups excluding carboxylic acids is 2. The normalized spacial score (nSPS) is 11.5. The average molecular weight is 376 g/mol.